The summed E-state index contributed by atoms with van der Waals surface area (Å²) in [6.07, 6.45) is 43.0. The molecule has 3 atom stereocenters. The molecule has 0 aliphatic heterocycles. The van der Waals surface area contributed by atoms with E-state index in [4.69, 9.17) is 9.47 Å². The summed E-state index contributed by atoms with van der Waals surface area (Å²) in [6, 6.07) is 0. The van der Waals surface area contributed by atoms with Crippen molar-refractivity contribution in [2.24, 2.45) is 0 Å². The molecule has 0 spiro atoms. The third-order valence-electron chi connectivity index (χ3n) is 9.85. The molecule has 0 heterocycles. The number of unbranched alkanes of at least 4 members (excludes halogenated alkanes) is 19. The predicted molar refractivity (Wildman–Crippen MR) is 214 cm³/mol. The number of carbonyl (C=O) groups is 2. The van der Waals surface area contributed by atoms with E-state index in [1.54, 1.807) is 0 Å². The molecule has 50 heavy (non-hydrogen) atoms. The van der Waals surface area contributed by atoms with Gasteiger partial charge >= 0.3 is 11.9 Å². The number of esters is 2. The molecule has 0 saturated heterocycles. The molecule has 0 saturated carbocycles. The first kappa shape index (κ1) is 48.4. The Bertz CT molecular complexity index is 790. The molecule has 0 aromatic rings. The molecule has 0 fully saturated rings. The maximum absolute atomic E-state index is 12.6. The van der Waals surface area contributed by atoms with Crippen LogP contribution in [0.15, 0.2) is 24.3 Å². The van der Waals surface area contributed by atoms with Crippen LogP contribution in [0.25, 0.3) is 0 Å². The zero-order valence-corrected chi connectivity index (χ0v) is 33.7. The number of aliphatic hydroxyl groups excluding tert-OH is 1. The van der Waals surface area contributed by atoms with Crippen molar-refractivity contribution in [1.29, 1.82) is 0 Å². The lowest BCUT2D eigenvalue weighted by Crippen LogP contribution is -2.17. The number of aliphatic hydroxyl groups is 1. The molecule has 0 aromatic carbocycles. The van der Waals surface area contributed by atoms with E-state index >= 15 is 0 Å². The summed E-state index contributed by atoms with van der Waals surface area (Å²) < 4.78 is 11.7. The maximum Gasteiger partial charge on any atom is 0.306 e. The van der Waals surface area contributed by atoms with Crippen molar-refractivity contribution >= 4 is 11.9 Å². The second-order valence-corrected chi connectivity index (χ2v) is 14.9. The Morgan fingerprint density at radius 3 is 1.36 bits per heavy atom. The minimum Gasteiger partial charge on any atom is -0.462 e. The van der Waals surface area contributed by atoms with Crippen molar-refractivity contribution in [3.05, 3.63) is 24.3 Å². The summed E-state index contributed by atoms with van der Waals surface area (Å²) in [6.45, 7) is 8.78. The van der Waals surface area contributed by atoms with Crippen molar-refractivity contribution in [2.45, 2.75) is 251 Å². The molecule has 0 aromatic heterocycles. The van der Waals surface area contributed by atoms with Gasteiger partial charge in [-0.1, -0.05) is 155 Å². The van der Waals surface area contributed by atoms with Crippen molar-refractivity contribution in [3.63, 3.8) is 0 Å². The second kappa shape index (κ2) is 38.6. The third kappa shape index (κ3) is 34.8. The van der Waals surface area contributed by atoms with Crippen LogP contribution in [0.4, 0.5) is 0 Å². The van der Waals surface area contributed by atoms with Crippen molar-refractivity contribution in [3.8, 4) is 0 Å². The van der Waals surface area contributed by atoms with Crippen LogP contribution in [0, 0.1) is 0 Å². The van der Waals surface area contributed by atoms with E-state index in [1.165, 1.54) is 77.0 Å². The first-order chi connectivity index (χ1) is 24.5. The Morgan fingerprint density at radius 2 is 0.860 bits per heavy atom. The Kier molecular flexibility index (Phi) is 37.4. The second-order valence-electron chi connectivity index (χ2n) is 14.9. The highest BCUT2D eigenvalue weighted by atomic mass is 16.5. The number of allylic oxidation sites excluding steroid dienone is 2. The Morgan fingerprint density at radius 1 is 0.460 bits per heavy atom. The largest absolute Gasteiger partial charge is 0.462 e. The summed E-state index contributed by atoms with van der Waals surface area (Å²) in [7, 11) is 0. The molecule has 0 aliphatic carbocycles. The molecule has 0 aliphatic rings. The average molecular weight is 705 g/mol. The molecule has 294 valence electrons. The van der Waals surface area contributed by atoms with Gasteiger partial charge in [-0.25, -0.2) is 0 Å². The molecule has 0 bridgehead atoms. The van der Waals surface area contributed by atoms with Crippen LogP contribution in [0.2, 0.25) is 0 Å². The molecular weight excluding hydrogens is 620 g/mol. The molecule has 0 rings (SSSR count). The fraction of sp³-hybridized carbons (Fsp3) is 0.867. The van der Waals surface area contributed by atoms with E-state index in [0.29, 0.717) is 12.8 Å². The highest BCUT2D eigenvalue weighted by Crippen LogP contribution is 2.17. The lowest BCUT2D eigenvalue weighted by Gasteiger charge is -2.16. The number of rotatable bonds is 38. The summed E-state index contributed by atoms with van der Waals surface area (Å²) in [4.78, 5) is 24.9. The maximum atomic E-state index is 12.6. The van der Waals surface area contributed by atoms with Crippen molar-refractivity contribution in [1.82, 2.24) is 0 Å². The van der Waals surface area contributed by atoms with Crippen LogP contribution in [0.3, 0.4) is 0 Å². The zero-order chi connectivity index (χ0) is 36.8. The van der Waals surface area contributed by atoms with E-state index in [0.717, 1.165) is 116 Å². The van der Waals surface area contributed by atoms with Gasteiger partial charge in [-0.3, -0.25) is 9.59 Å². The Balaban J connectivity index is 4.04. The van der Waals surface area contributed by atoms with E-state index in [-0.39, 0.29) is 30.3 Å². The van der Waals surface area contributed by atoms with Gasteiger partial charge in [0.1, 0.15) is 12.2 Å². The lowest BCUT2D eigenvalue weighted by molar-refractivity contribution is -0.150. The van der Waals surface area contributed by atoms with Crippen LogP contribution in [0.1, 0.15) is 233 Å². The topological polar surface area (TPSA) is 72.8 Å². The molecule has 0 amide bonds. The van der Waals surface area contributed by atoms with Gasteiger partial charge in [-0.05, 0) is 83.5 Å². The highest BCUT2D eigenvalue weighted by Gasteiger charge is 2.14. The monoisotopic (exact) mass is 705 g/mol. The first-order valence-electron chi connectivity index (χ1n) is 21.8. The quantitative estimate of drug-likeness (QED) is 0.0393. The van der Waals surface area contributed by atoms with Gasteiger partial charge in [0, 0.05) is 19.3 Å². The minimum absolute atomic E-state index is 0.000606. The fourth-order valence-electron chi connectivity index (χ4n) is 6.44. The van der Waals surface area contributed by atoms with Crippen LogP contribution >= 0.6 is 0 Å². The van der Waals surface area contributed by atoms with E-state index in [1.807, 2.05) is 0 Å². The van der Waals surface area contributed by atoms with Gasteiger partial charge < -0.3 is 14.6 Å². The summed E-state index contributed by atoms with van der Waals surface area (Å²) in [5.74, 6) is -0.0487. The van der Waals surface area contributed by atoms with Gasteiger partial charge in [-0.15, -0.1) is 0 Å². The van der Waals surface area contributed by atoms with E-state index in [9.17, 15) is 14.7 Å². The van der Waals surface area contributed by atoms with Gasteiger partial charge in [-0.2, -0.15) is 0 Å². The molecule has 5 heteroatoms. The van der Waals surface area contributed by atoms with Gasteiger partial charge in [0.2, 0.25) is 0 Å². The van der Waals surface area contributed by atoms with Crippen molar-refractivity contribution in [2.75, 3.05) is 0 Å². The van der Waals surface area contributed by atoms with Crippen LogP contribution in [-0.2, 0) is 19.1 Å². The normalized spacial score (nSPS) is 13.6. The smallest absolute Gasteiger partial charge is 0.306 e. The molecule has 3 unspecified atom stereocenters. The summed E-state index contributed by atoms with van der Waals surface area (Å²) in [5, 5.41) is 10.1. The molecular formula is C45H84O5. The Hall–Kier alpha value is -1.62. The Labute approximate surface area is 311 Å². The number of hydrogen-bond acceptors (Lipinski definition) is 5. The fourth-order valence-corrected chi connectivity index (χ4v) is 6.44. The highest BCUT2D eigenvalue weighted by molar-refractivity contribution is 5.69. The first-order valence-corrected chi connectivity index (χ1v) is 21.8. The van der Waals surface area contributed by atoms with Gasteiger partial charge in [0.05, 0.1) is 6.10 Å². The summed E-state index contributed by atoms with van der Waals surface area (Å²) >= 11 is 0. The lowest BCUT2D eigenvalue weighted by atomic mass is 10.1. The zero-order valence-electron chi connectivity index (χ0n) is 33.7. The number of hydrogen-bond donors (Lipinski definition) is 1. The number of ether oxygens (including phenoxy) is 2. The number of carbonyl (C=O) groups excluding carboxylic acids is 2. The van der Waals surface area contributed by atoms with Crippen molar-refractivity contribution < 1.29 is 24.2 Å². The standard InChI is InChI=1S/C45H84O5/c1-5-9-12-27-34-41(46)35-28-23-19-15-17-21-26-33-40-45(48)50-43(37-30-14-11-7-3)38-31-24-20-16-18-22-25-32-39-44(47)49-42(8-4)36-29-13-10-6-2/h23-24,28,31,41-43,46H,5-22,25-27,29-30,32-40H2,1-4H3. The van der Waals surface area contributed by atoms with E-state index in [2.05, 4.69) is 52.0 Å². The van der Waals surface area contributed by atoms with E-state index < -0.39 is 0 Å². The molecule has 1 N–H and O–H groups in total. The predicted octanol–water partition coefficient (Wildman–Crippen LogP) is 13.8. The van der Waals surface area contributed by atoms with Crippen LogP contribution < -0.4 is 0 Å². The van der Waals surface area contributed by atoms with Crippen LogP contribution in [0.5, 0.6) is 0 Å². The van der Waals surface area contributed by atoms with Gasteiger partial charge in [0.15, 0.2) is 0 Å². The molecule has 0 radical (unpaired) electrons. The van der Waals surface area contributed by atoms with Gasteiger partial charge in [0.25, 0.3) is 0 Å². The summed E-state index contributed by atoms with van der Waals surface area (Å²) in [5.41, 5.74) is 0. The van der Waals surface area contributed by atoms with Crippen LogP contribution in [-0.4, -0.2) is 35.4 Å². The molecule has 5 nitrogen and oxygen atoms in total. The SMILES string of the molecule is CCCCCCC(O)CC=CCCCCCCCC(=O)OC(CC=CCCCCCCCC(=O)OC(CC)CCCCCC)CCCCCC. The third-order valence-corrected chi connectivity index (χ3v) is 9.85. The minimum atomic E-state index is -0.185. The average Bonchev–Trinajstić information content (AvgIpc) is 3.11.